The molecule has 3 rings (SSSR count). The Morgan fingerprint density at radius 3 is 2.41 bits per heavy atom. The van der Waals surface area contributed by atoms with E-state index in [2.05, 4.69) is 5.32 Å². The first-order valence-electron chi connectivity index (χ1n) is 7.82. The van der Waals surface area contributed by atoms with Crippen LogP contribution in [0.2, 0.25) is 0 Å². The molecule has 22 heavy (non-hydrogen) atoms. The predicted molar refractivity (Wildman–Crippen MR) is 82.1 cm³/mol. The number of hydrogen-bond acceptors (Lipinski definition) is 4. The molecule has 1 N–H and O–H groups in total. The van der Waals surface area contributed by atoms with Gasteiger partial charge in [0, 0.05) is 6.04 Å². The van der Waals surface area contributed by atoms with Crippen molar-refractivity contribution < 1.29 is 9.59 Å². The lowest BCUT2D eigenvalue weighted by atomic mass is 9.95. The van der Waals surface area contributed by atoms with Gasteiger partial charge in [0.15, 0.2) is 0 Å². The first-order chi connectivity index (χ1) is 10.7. The maximum atomic E-state index is 12.5. The normalized spacial score (nSPS) is 22.9. The second-order valence-electron chi connectivity index (χ2n) is 5.98. The molecule has 1 aromatic rings. The molecule has 5 nitrogen and oxygen atoms in total. The minimum atomic E-state index is -0.411. The molecular weight excluding hydrogens is 278 g/mol. The van der Waals surface area contributed by atoms with Crippen LogP contribution in [0.25, 0.3) is 0 Å². The van der Waals surface area contributed by atoms with Gasteiger partial charge < -0.3 is 5.32 Å². The van der Waals surface area contributed by atoms with Crippen LogP contribution in [0.15, 0.2) is 24.3 Å². The number of nitrogens with one attached hydrogen (secondary N) is 1. The number of carbonyl (C=O) groups excluding carboxylic acids is 2. The van der Waals surface area contributed by atoms with E-state index in [4.69, 9.17) is 5.26 Å². The number of hydrogen-bond donors (Lipinski definition) is 1. The van der Waals surface area contributed by atoms with Crippen molar-refractivity contribution in [2.45, 2.75) is 50.6 Å². The average Bonchev–Trinajstić information content (AvgIpc) is 2.82. The minimum Gasteiger partial charge on any atom is -0.303 e. The standard InChI is InChI=1S/C17H19N3O2/c18-11-12-6-8-14(9-7-12)20-16(21)10-15(17(20)22)19-13-4-2-1-3-5-13/h6-9,13,15,19H,1-5,10H2. The SMILES string of the molecule is N#Cc1ccc(N2C(=O)CC(NC3CCCCC3)C2=O)cc1. The van der Waals surface area contributed by atoms with Crippen LogP contribution < -0.4 is 10.2 Å². The highest BCUT2D eigenvalue weighted by atomic mass is 16.2. The van der Waals surface area contributed by atoms with Gasteiger partial charge in [0.1, 0.15) is 0 Å². The Hall–Kier alpha value is -2.19. The van der Waals surface area contributed by atoms with Crippen LogP contribution in [-0.4, -0.2) is 23.9 Å². The van der Waals surface area contributed by atoms with Gasteiger partial charge in [-0.25, -0.2) is 4.90 Å². The highest BCUT2D eigenvalue weighted by Crippen LogP contribution is 2.25. The van der Waals surface area contributed by atoms with Crippen molar-refractivity contribution in [2.24, 2.45) is 0 Å². The van der Waals surface area contributed by atoms with Gasteiger partial charge in [0.25, 0.3) is 5.91 Å². The second kappa shape index (κ2) is 6.29. The lowest BCUT2D eigenvalue weighted by Crippen LogP contribution is -2.44. The smallest absolute Gasteiger partial charge is 0.251 e. The van der Waals surface area contributed by atoms with Gasteiger partial charge in [-0.3, -0.25) is 9.59 Å². The molecule has 2 aliphatic rings. The second-order valence-corrected chi connectivity index (χ2v) is 5.98. The molecule has 2 fully saturated rings. The fourth-order valence-electron chi connectivity index (χ4n) is 3.27. The zero-order chi connectivity index (χ0) is 15.5. The van der Waals surface area contributed by atoms with Crippen LogP contribution in [0.4, 0.5) is 5.69 Å². The third kappa shape index (κ3) is 2.88. The minimum absolute atomic E-state index is 0.178. The first kappa shape index (κ1) is 14.7. The number of benzene rings is 1. The number of imide groups is 1. The summed E-state index contributed by atoms with van der Waals surface area (Å²) in [5, 5.41) is 12.2. The van der Waals surface area contributed by atoms with Crippen molar-refractivity contribution >= 4 is 17.5 Å². The van der Waals surface area contributed by atoms with Crippen molar-refractivity contribution in [1.29, 1.82) is 5.26 Å². The summed E-state index contributed by atoms with van der Waals surface area (Å²) < 4.78 is 0. The zero-order valence-electron chi connectivity index (χ0n) is 12.4. The van der Waals surface area contributed by atoms with Gasteiger partial charge in [-0.05, 0) is 37.1 Å². The van der Waals surface area contributed by atoms with Crippen molar-refractivity contribution in [3.8, 4) is 6.07 Å². The van der Waals surface area contributed by atoms with Crippen LogP contribution >= 0.6 is 0 Å². The Balaban J connectivity index is 1.71. The third-order valence-corrected chi connectivity index (χ3v) is 4.44. The average molecular weight is 297 g/mol. The van der Waals surface area contributed by atoms with Crippen molar-refractivity contribution in [3.63, 3.8) is 0 Å². The Morgan fingerprint density at radius 1 is 1.09 bits per heavy atom. The number of carbonyl (C=O) groups is 2. The van der Waals surface area contributed by atoms with Gasteiger partial charge in [0.2, 0.25) is 5.91 Å². The van der Waals surface area contributed by atoms with E-state index in [0.717, 1.165) is 12.8 Å². The number of nitrogens with zero attached hydrogens (tertiary/aromatic N) is 2. The van der Waals surface area contributed by atoms with Crippen molar-refractivity contribution in [3.05, 3.63) is 29.8 Å². The number of amides is 2. The maximum Gasteiger partial charge on any atom is 0.251 e. The zero-order valence-corrected chi connectivity index (χ0v) is 12.4. The summed E-state index contributed by atoms with van der Waals surface area (Å²) in [6, 6.07) is 8.51. The molecule has 0 radical (unpaired) electrons. The molecule has 2 amide bonds. The number of nitriles is 1. The summed E-state index contributed by atoms with van der Waals surface area (Å²) in [5.74, 6) is -0.358. The highest BCUT2D eigenvalue weighted by molar-refractivity contribution is 6.22. The van der Waals surface area contributed by atoms with Gasteiger partial charge in [0.05, 0.1) is 29.8 Å². The van der Waals surface area contributed by atoms with Gasteiger partial charge in [-0.1, -0.05) is 19.3 Å². The van der Waals surface area contributed by atoms with Crippen LogP contribution in [0.3, 0.4) is 0 Å². The molecule has 5 heteroatoms. The monoisotopic (exact) mass is 297 g/mol. The summed E-state index contributed by atoms with van der Waals surface area (Å²) in [7, 11) is 0. The lowest BCUT2D eigenvalue weighted by Gasteiger charge is -2.25. The molecule has 1 saturated carbocycles. The lowest BCUT2D eigenvalue weighted by molar-refractivity contribution is -0.121. The van der Waals surface area contributed by atoms with Crippen LogP contribution in [0.1, 0.15) is 44.1 Å². The molecule has 114 valence electrons. The summed E-state index contributed by atoms with van der Waals surface area (Å²) in [6.45, 7) is 0. The van der Waals surface area contributed by atoms with Gasteiger partial charge in [-0.2, -0.15) is 5.26 Å². The van der Waals surface area contributed by atoms with Crippen LogP contribution in [0.5, 0.6) is 0 Å². The highest BCUT2D eigenvalue weighted by Gasteiger charge is 2.40. The molecule has 1 atom stereocenters. The van der Waals surface area contributed by atoms with Crippen LogP contribution in [-0.2, 0) is 9.59 Å². The predicted octanol–water partition coefficient (Wildman–Crippen LogP) is 2.11. The molecule has 1 heterocycles. The van der Waals surface area contributed by atoms with Crippen molar-refractivity contribution in [2.75, 3.05) is 4.90 Å². The van der Waals surface area contributed by atoms with E-state index in [9.17, 15) is 9.59 Å². The number of anilines is 1. The summed E-state index contributed by atoms with van der Waals surface area (Å²) in [6.07, 6.45) is 6.00. The molecular formula is C17H19N3O2. The van der Waals surface area contributed by atoms with E-state index in [1.807, 2.05) is 6.07 Å². The Morgan fingerprint density at radius 2 is 1.77 bits per heavy atom. The Kier molecular flexibility index (Phi) is 4.21. The fraction of sp³-hybridized carbons (Fsp3) is 0.471. The van der Waals surface area contributed by atoms with E-state index < -0.39 is 6.04 Å². The third-order valence-electron chi connectivity index (χ3n) is 4.44. The van der Waals surface area contributed by atoms with Crippen LogP contribution in [0, 0.1) is 11.3 Å². The van der Waals surface area contributed by atoms with E-state index >= 15 is 0 Å². The molecule has 1 aromatic carbocycles. The molecule has 1 aliphatic carbocycles. The molecule has 1 unspecified atom stereocenters. The van der Waals surface area contributed by atoms with E-state index in [-0.39, 0.29) is 18.2 Å². The molecule has 0 spiro atoms. The van der Waals surface area contributed by atoms with Gasteiger partial charge in [-0.15, -0.1) is 0 Å². The first-order valence-corrected chi connectivity index (χ1v) is 7.82. The fourth-order valence-corrected chi connectivity index (χ4v) is 3.27. The van der Waals surface area contributed by atoms with Crippen molar-refractivity contribution in [1.82, 2.24) is 5.32 Å². The summed E-state index contributed by atoms with van der Waals surface area (Å²) >= 11 is 0. The quantitative estimate of drug-likeness (QED) is 0.867. The molecule has 0 bridgehead atoms. The summed E-state index contributed by atoms with van der Waals surface area (Å²) in [5.41, 5.74) is 1.06. The Labute approximate surface area is 129 Å². The van der Waals surface area contributed by atoms with E-state index in [1.54, 1.807) is 24.3 Å². The number of rotatable bonds is 3. The molecule has 1 aliphatic heterocycles. The topological polar surface area (TPSA) is 73.2 Å². The van der Waals surface area contributed by atoms with E-state index in [1.165, 1.54) is 24.2 Å². The largest absolute Gasteiger partial charge is 0.303 e. The van der Waals surface area contributed by atoms with Gasteiger partial charge >= 0.3 is 0 Å². The molecule has 1 saturated heterocycles. The van der Waals surface area contributed by atoms with E-state index in [0.29, 0.717) is 17.3 Å². The summed E-state index contributed by atoms with van der Waals surface area (Å²) in [4.78, 5) is 26.0. The maximum absolute atomic E-state index is 12.5. The Bertz CT molecular complexity index is 612. The molecule has 0 aromatic heterocycles.